The zero-order valence-corrected chi connectivity index (χ0v) is 10.4. The maximum absolute atomic E-state index is 6.20. The molecule has 0 radical (unpaired) electrons. The van der Waals surface area contributed by atoms with Crippen molar-refractivity contribution in [3.63, 3.8) is 0 Å². The van der Waals surface area contributed by atoms with Gasteiger partial charge in [-0.2, -0.15) is 0 Å². The predicted octanol–water partition coefficient (Wildman–Crippen LogP) is 3.68. The lowest BCUT2D eigenvalue weighted by atomic mass is 9.86. The lowest BCUT2D eigenvalue weighted by Crippen LogP contribution is -2.34. The molecular formula is C15H20O2. The summed E-state index contributed by atoms with van der Waals surface area (Å²) >= 11 is 0. The Bertz CT molecular complexity index is 366. The fraction of sp³-hybridized carbons (Fsp3) is 0.600. The molecule has 1 spiro atoms. The van der Waals surface area contributed by atoms with Gasteiger partial charge in [-0.25, -0.2) is 0 Å². The maximum atomic E-state index is 6.20. The molecule has 1 aliphatic heterocycles. The summed E-state index contributed by atoms with van der Waals surface area (Å²) in [5, 5.41) is 0. The first-order valence-corrected chi connectivity index (χ1v) is 6.64. The average molecular weight is 232 g/mol. The van der Waals surface area contributed by atoms with Crippen LogP contribution in [0, 0.1) is 5.92 Å². The lowest BCUT2D eigenvalue weighted by molar-refractivity contribution is -0.192. The minimum atomic E-state index is -0.271. The SMILES string of the molecule is CC1CCC2(CC1)OC[C@@H](c1ccccc1)O2. The number of benzene rings is 1. The Kier molecular flexibility index (Phi) is 2.93. The Morgan fingerprint density at radius 2 is 1.82 bits per heavy atom. The van der Waals surface area contributed by atoms with Crippen LogP contribution in [-0.4, -0.2) is 12.4 Å². The minimum Gasteiger partial charge on any atom is -0.347 e. The smallest absolute Gasteiger partial charge is 0.169 e. The van der Waals surface area contributed by atoms with Crippen LogP contribution in [0.3, 0.4) is 0 Å². The first kappa shape index (κ1) is 11.2. The summed E-state index contributed by atoms with van der Waals surface area (Å²) in [6.45, 7) is 3.02. The van der Waals surface area contributed by atoms with E-state index in [0.29, 0.717) is 6.61 Å². The summed E-state index contributed by atoms with van der Waals surface area (Å²) in [7, 11) is 0. The third kappa shape index (κ3) is 2.24. The largest absolute Gasteiger partial charge is 0.347 e. The van der Waals surface area contributed by atoms with Crippen LogP contribution in [0.2, 0.25) is 0 Å². The first-order chi connectivity index (χ1) is 8.27. The molecule has 1 heterocycles. The van der Waals surface area contributed by atoms with Gasteiger partial charge in [0, 0.05) is 12.8 Å². The summed E-state index contributed by atoms with van der Waals surface area (Å²) < 4.78 is 12.2. The molecule has 0 amide bonds. The summed E-state index contributed by atoms with van der Waals surface area (Å²) in [5.41, 5.74) is 1.24. The third-order valence-electron chi connectivity index (χ3n) is 4.06. The molecule has 2 nitrogen and oxygen atoms in total. The highest BCUT2D eigenvalue weighted by atomic mass is 16.7. The normalized spacial score (nSPS) is 37.5. The molecule has 1 aliphatic carbocycles. The highest BCUT2D eigenvalue weighted by Crippen LogP contribution is 2.43. The van der Waals surface area contributed by atoms with Crippen molar-refractivity contribution in [1.82, 2.24) is 0 Å². The van der Waals surface area contributed by atoms with Crippen LogP contribution in [0.25, 0.3) is 0 Å². The maximum Gasteiger partial charge on any atom is 0.169 e. The standard InChI is InChI=1S/C15H20O2/c1-12-7-9-15(10-8-12)16-11-14(17-15)13-5-3-2-4-6-13/h2-6,12,14H,7-11H2,1H3/t12?,14-,15?/m0/s1. The van der Waals surface area contributed by atoms with Gasteiger partial charge in [-0.3, -0.25) is 0 Å². The fourth-order valence-electron chi connectivity index (χ4n) is 2.85. The Balaban J connectivity index is 1.70. The predicted molar refractivity (Wildman–Crippen MR) is 66.6 cm³/mol. The number of hydrogen-bond donors (Lipinski definition) is 0. The van der Waals surface area contributed by atoms with E-state index in [2.05, 4.69) is 31.2 Å². The second-order valence-corrected chi connectivity index (χ2v) is 5.42. The van der Waals surface area contributed by atoms with Gasteiger partial charge in [0.1, 0.15) is 6.10 Å². The van der Waals surface area contributed by atoms with Gasteiger partial charge in [-0.05, 0) is 24.3 Å². The lowest BCUT2D eigenvalue weighted by Gasteiger charge is -2.34. The van der Waals surface area contributed by atoms with Crippen LogP contribution in [0.15, 0.2) is 30.3 Å². The monoisotopic (exact) mass is 232 g/mol. The summed E-state index contributed by atoms with van der Waals surface area (Å²) in [5.74, 6) is 0.552. The molecule has 17 heavy (non-hydrogen) atoms. The Morgan fingerprint density at radius 1 is 1.12 bits per heavy atom. The number of hydrogen-bond acceptors (Lipinski definition) is 2. The van der Waals surface area contributed by atoms with Crippen molar-refractivity contribution in [2.75, 3.05) is 6.61 Å². The topological polar surface area (TPSA) is 18.5 Å². The first-order valence-electron chi connectivity index (χ1n) is 6.64. The molecule has 0 unspecified atom stereocenters. The molecule has 3 rings (SSSR count). The molecule has 1 atom stereocenters. The molecule has 2 aliphatic rings. The van der Waals surface area contributed by atoms with Gasteiger partial charge in [0.2, 0.25) is 0 Å². The summed E-state index contributed by atoms with van der Waals surface area (Å²) in [6.07, 6.45) is 4.68. The molecule has 1 saturated heterocycles. The van der Waals surface area contributed by atoms with E-state index < -0.39 is 0 Å². The number of ether oxygens (including phenoxy) is 2. The molecule has 2 heteroatoms. The van der Waals surface area contributed by atoms with Gasteiger partial charge >= 0.3 is 0 Å². The van der Waals surface area contributed by atoms with Crippen molar-refractivity contribution >= 4 is 0 Å². The molecule has 2 fully saturated rings. The van der Waals surface area contributed by atoms with Crippen LogP contribution >= 0.6 is 0 Å². The van der Waals surface area contributed by atoms with Gasteiger partial charge in [0.25, 0.3) is 0 Å². The average Bonchev–Trinajstić information content (AvgIpc) is 2.79. The molecular weight excluding hydrogens is 212 g/mol. The van der Waals surface area contributed by atoms with E-state index >= 15 is 0 Å². The quantitative estimate of drug-likeness (QED) is 0.735. The van der Waals surface area contributed by atoms with E-state index in [4.69, 9.17) is 9.47 Å². The highest BCUT2D eigenvalue weighted by Gasteiger charge is 2.43. The van der Waals surface area contributed by atoms with Crippen LogP contribution in [0.4, 0.5) is 0 Å². The van der Waals surface area contributed by atoms with Crippen LogP contribution in [0.5, 0.6) is 0 Å². The number of rotatable bonds is 1. The third-order valence-corrected chi connectivity index (χ3v) is 4.06. The molecule has 1 aromatic rings. The van der Waals surface area contributed by atoms with E-state index in [-0.39, 0.29) is 11.9 Å². The van der Waals surface area contributed by atoms with Gasteiger partial charge < -0.3 is 9.47 Å². The van der Waals surface area contributed by atoms with Gasteiger partial charge in [0.05, 0.1) is 6.61 Å². The molecule has 0 N–H and O–H groups in total. The van der Waals surface area contributed by atoms with Crippen molar-refractivity contribution in [1.29, 1.82) is 0 Å². The zero-order valence-electron chi connectivity index (χ0n) is 10.4. The zero-order chi connectivity index (χ0) is 11.7. The fourth-order valence-corrected chi connectivity index (χ4v) is 2.85. The molecule has 1 aromatic carbocycles. The van der Waals surface area contributed by atoms with Crippen LogP contribution in [-0.2, 0) is 9.47 Å². The van der Waals surface area contributed by atoms with Crippen LogP contribution < -0.4 is 0 Å². The molecule has 0 aromatic heterocycles. The van der Waals surface area contributed by atoms with Crippen molar-refractivity contribution in [2.24, 2.45) is 5.92 Å². The van der Waals surface area contributed by atoms with E-state index in [1.165, 1.54) is 18.4 Å². The van der Waals surface area contributed by atoms with Crippen molar-refractivity contribution in [3.8, 4) is 0 Å². The Labute approximate surface area is 103 Å². The molecule has 0 bridgehead atoms. The summed E-state index contributed by atoms with van der Waals surface area (Å²) in [4.78, 5) is 0. The Hall–Kier alpha value is -0.860. The van der Waals surface area contributed by atoms with E-state index in [9.17, 15) is 0 Å². The van der Waals surface area contributed by atoms with E-state index in [0.717, 1.165) is 18.8 Å². The highest BCUT2D eigenvalue weighted by molar-refractivity contribution is 5.18. The second-order valence-electron chi connectivity index (χ2n) is 5.42. The van der Waals surface area contributed by atoms with Gasteiger partial charge in [-0.15, -0.1) is 0 Å². The van der Waals surface area contributed by atoms with Crippen molar-refractivity contribution < 1.29 is 9.47 Å². The molecule has 1 saturated carbocycles. The second kappa shape index (κ2) is 4.43. The van der Waals surface area contributed by atoms with Crippen molar-refractivity contribution in [3.05, 3.63) is 35.9 Å². The minimum absolute atomic E-state index is 0.129. The van der Waals surface area contributed by atoms with Crippen molar-refractivity contribution in [2.45, 2.75) is 44.5 Å². The van der Waals surface area contributed by atoms with E-state index in [1.54, 1.807) is 0 Å². The molecule has 92 valence electrons. The summed E-state index contributed by atoms with van der Waals surface area (Å²) in [6, 6.07) is 10.4. The van der Waals surface area contributed by atoms with Gasteiger partial charge in [-0.1, -0.05) is 37.3 Å². The Morgan fingerprint density at radius 3 is 2.53 bits per heavy atom. The van der Waals surface area contributed by atoms with Crippen LogP contribution in [0.1, 0.15) is 44.3 Å². The van der Waals surface area contributed by atoms with E-state index in [1.807, 2.05) is 6.07 Å². The van der Waals surface area contributed by atoms with Gasteiger partial charge in [0.15, 0.2) is 5.79 Å².